The van der Waals surface area contributed by atoms with E-state index in [0.717, 1.165) is 10.9 Å². The Kier molecular flexibility index (Phi) is 8.88. The minimum Gasteiger partial charge on any atom is -0.346 e. The Hall–Kier alpha value is -4.83. The summed E-state index contributed by atoms with van der Waals surface area (Å²) in [5.74, 6) is -4.53. The molecule has 1 aromatic carbocycles. The molecule has 0 atom stereocenters. The van der Waals surface area contributed by atoms with Crippen molar-refractivity contribution in [2.45, 2.75) is 32.6 Å². The number of pyridine rings is 2. The topological polar surface area (TPSA) is 133 Å². The minimum absolute atomic E-state index is 0.00419. The van der Waals surface area contributed by atoms with Gasteiger partial charge >= 0.3 is 6.18 Å². The summed E-state index contributed by atoms with van der Waals surface area (Å²) in [6, 6.07) is 7.84. The van der Waals surface area contributed by atoms with E-state index < -0.39 is 35.3 Å². The van der Waals surface area contributed by atoms with Crippen LogP contribution in [0.15, 0.2) is 48.8 Å². The summed E-state index contributed by atoms with van der Waals surface area (Å²) in [5, 5.41) is 16.8. The highest BCUT2D eigenvalue weighted by molar-refractivity contribution is 6.32. The first-order valence-electron chi connectivity index (χ1n) is 12.8. The van der Waals surface area contributed by atoms with Crippen LogP contribution >= 0.6 is 23.2 Å². The molecule has 0 saturated carbocycles. The van der Waals surface area contributed by atoms with Crippen molar-refractivity contribution < 1.29 is 31.5 Å². The lowest BCUT2D eigenvalue weighted by atomic mass is 9.95. The Labute approximate surface area is 260 Å². The molecule has 0 saturated heterocycles. The lowest BCUT2D eigenvalue weighted by Gasteiger charge is -2.14. The summed E-state index contributed by atoms with van der Waals surface area (Å²) in [5.41, 5.74) is 0.536. The zero-order valence-corrected chi connectivity index (χ0v) is 24.3. The quantitative estimate of drug-likeness (QED) is 0.172. The molecule has 0 unspecified atom stereocenters. The Morgan fingerprint density at radius 2 is 1.82 bits per heavy atom. The van der Waals surface area contributed by atoms with Crippen molar-refractivity contribution in [1.29, 1.82) is 0 Å². The van der Waals surface area contributed by atoms with Crippen LogP contribution in [0.4, 0.5) is 22.0 Å². The monoisotopic (exact) mass is 665 g/mol. The third-order valence-electron chi connectivity index (χ3n) is 6.32. The Balaban J connectivity index is 1.47. The summed E-state index contributed by atoms with van der Waals surface area (Å²) in [6.45, 7) is 0.854. The van der Waals surface area contributed by atoms with E-state index in [2.05, 4.69) is 35.8 Å². The predicted octanol–water partition coefficient (Wildman–Crippen LogP) is 4.96. The van der Waals surface area contributed by atoms with Gasteiger partial charge in [0.25, 0.3) is 11.7 Å². The van der Waals surface area contributed by atoms with Crippen LogP contribution < -0.4 is 5.32 Å². The van der Waals surface area contributed by atoms with Gasteiger partial charge < -0.3 is 5.32 Å². The molecule has 0 fully saturated rings. The molecule has 11 nitrogen and oxygen atoms in total. The number of rotatable bonds is 9. The van der Waals surface area contributed by atoms with Crippen molar-refractivity contribution in [1.82, 2.24) is 45.3 Å². The molecule has 1 amide bonds. The third-order valence-corrected chi connectivity index (χ3v) is 6.83. The highest BCUT2D eigenvalue weighted by Gasteiger charge is 2.37. The number of Topliss-reactive ketones (excluding diaryl/α,β-unsaturated/α-hetero) is 1. The van der Waals surface area contributed by atoms with E-state index in [0.29, 0.717) is 16.4 Å². The van der Waals surface area contributed by atoms with Crippen LogP contribution in [-0.4, -0.2) is 51.6 Å². The van der Waals surface area contributed by atoms with Gasteiger partial charge in [-0.15, -0.1) is 10.2 Å². The lowest BCUT2D eigenvalue weighted by Crippen LogP contribution is -2.26. The summed E-state index contributed by atoms with van der Waals surface area (Å²) in [4.78, 5) is 35.5. The number of hydrogen-bond acceptors (Lipinski definition) is 8. The fraction of sp³-hybridized carbons (Fsp3) is 0.185. The average Bonchev–Trinajstić information content (AvgIpc) is 3.62. The molecule has 0 aliphatic carbocycles. The molecule has 18 heteroatoms. The average molecular weight is 666 g/mol. The summed E-state index contributed by atoms with van der Waals surface area (Å²) in [6.07, 6.45) is -2.98. The minimum atomic E-state index is -4.82. The largest absolute Gasteiger partial charge is 0.455 e. The highest BCUT2D eigenvalue weighted by Crippen LogP contribution is 2.27. The molecule has 1 N–H and O–H groups in total. The number of benzene rings is 1. The van der Waals surface area contributed by atoms with E-state index in [9.17, 15) is 31.5 Å². The van der Waals surface area contributed by atoms with Gasteiger partial charge in [-0.25, -0.2) is 18.4 Å². The van der Waals surface area contributed by atoms with Crippen LogP contribution in [-0.2, 0) is 25.7 Å². The van der Waals surface area contributed by atoms with Gasteiger partial charge in [-0.3, -0.25) is 14.6 Å². The third kappa shape index (κ3) is 7.12. The zero-order chi connectivity index (χ0) is 32.5. The fourth-order valence-corrected chi connectivity index (χ4v) is 4.74. The smallest absolute Gasteiger partial charge is 0.346 e. The fourth-order valence-electron chi connectivity index (χ4n) is 4.26. The number of carbonyl (C=O) groups excluding carboxylic acids is 2. The van der Waals surface area contributed by atoms with E-state index >= 15 is 0 Å². The van der Waals surface area contributed by atoms with Crippen LogP contribution in [0.5, 0.6) is 0 Å². The number of hydrogen-bond donors (Lipinski definition) is 1. The molecule has 4 aromatic heterocycles. The molecule has 0 aliphatic rings. The number of nitrogens with zero attached hydrogens (tertiary/aromatic N) is 8. The molecule has 5 aromatic rings. The van der Waals surface area contributed by atoms with Crippen molar-refractivity contribution >= 4 is 34.9 Å². The normalized spacial score (nSPS) is 11.6. The molecule has 0 aliphatic heterocycles. The number of amides is 1. The number of ketones is 1. The van der Waals surface area contributed by atoms with Crippen molar-refractivity contribution in [3.63, 3.8) is 0 Å². The molecule has 0 bridgehead atoms. The first-order chi connectivity index (χ1) is 21.3. The molecular formula is C27H18Cl2F5N9O2. The maximum Gasteiger partial charge on any atom is 0.455 e. The maximum atomic E-state index is 14.1. The van der Waals surface area contributed by atoms with Gasteiger partial charge in [-0.05, 0) is 53.6 Å². The van der Waals surface area contributed by atoms with Gasteiger partial charge in [0.15, 0.2) is 11.6 Å². The van der Waals surface area contributed by atoms with Gasteiger partial charge in [0.1, 0.15) is 23.9 Å². The highest BCUT2D eigenvalue weighted by atomic mass is 35.5. The van der Waals surface area contributed by atoms with Gasteiger partial charge in [0, 0.05) is 29.3 Å². The van der Waals surface area contributed by atoms with Crippen LogP contribution in [0.25, 0.3) is 5.82 Å². The first-order valence-corrected chi connectivity index (χ1v) is 13.5. The number of carbonyl (C=O) groups is 2. The maximum absolute atomic E-state index is 14.1. The van der Waals surface area contributed by atoms with Crippen molar-refractivity contribution in [2.75, 3.05) is 0 Å². The van der Waals surface area contributed by atoms with Crippen LogP contribution in [0.2, 0.25) is 10.0 Å². The Bertz CT molecular complexity index is 1930. The number of aromatic nitrogens is 8. The van der Waals surface area contributed by atoms with Gasteiger partial charge in [-0.2, -0.15) is 23.1 Å². The van der Waals surface area contributed by atoms with Crippen LogP contribution in [0.3, 0.4) is 0 Å². The second-order valence-electron chi connectivity index (χ2n) is 9.50. The van der Waals surface area contributed by atoms with Crippen molar-refractivity contribution in [2.24, 2.45) is 0 Å². The Morgan fingerprint density at radius 3 is 2.51 bits per heavy atom. The lowest BCUT2D eigenvalue weighted by molar-refractivity contribution is -0.145. The van der Waals surface area contributed by atoms with E-state index in [-0.39, 0.29) is 63.6 Å². The van der Waals surface area contributed by atoms with Gasteiger partial charge in [0.2, 0.25) is 0 Å². The number of tetrazole rings is 1. The van der Waals surface area contributed by atoms with E-state index in [1.807, 2.05) is 0 Å². The summed E-state index contributed by atoms with van der Waals surface area (Å²) in [7, 11) is 0. The summed E-state index contributed by atoms with van der Waals surface area (Å²) >= 11 is 12.5. The molecular weight excluding hydrogens is 648 g/mol. The van der Waals surface area contributed by atoms with Gasteiger partial charge in [-0.1, -0.05) is 23.2 Å². The second kappa shape index (κ2) is 12.6. The van der Waals surface area contributed by atoms with Crippen LogP contribution in [0.1, 0.15) is 49.2 Å². The molecule has 0 spiro atoms. The molecule has 4 heterocycles. The van der Waals surface area contributed by atoms with Crippen molar-refractivity contribution in [3.8, 4) is 5.82 Å². The number of nitrogens with one attached hydrogen (secondary N) is 1. The van der Waals surface area contributed by atoms with Crippen LogP contribution in [0, 0.1) is 18.6 Å². The van der Waals surface area contributed by atoms with E-state index in [1.165, 1.54) is 30.5 Å². The summed E-state index contributed by atoms with van der Waals surface area (Å²) < 4.78 is 67.3. The molecule has 5 rings (SSSR count). The number of alkyl halides is 3. The van der Waals surface area contributed by atoms with E-state index in [1.54, 1.807) is 13.0 Å². The zero-order valence-electron chi connectivity index (χ0n) is 22.8. The SMILES string of the molecule is Cc1cc(Cl)cc(C(=O)NCc2ncc(F)cc2F)c1CC(=O)c1cc(Cn2nnc(C(F)(F)F)n2)nn1-c1ncccc1Cl. The van der Waals surface area contributed by atoms with E-state index in [4.69, 9.17) is 23.2 Å². The second-order valence-corrected chi connectivity index (χ2v) is 10.3. The first kappa shape index (κ1) is 31.6. The molecule has 45 heavy (non-hydrogen) atoms. The van der Waals surface area contributed by atoms with Gasteiger partial charge in [0.05, 0.1) is 29.2 Å². The predicted molar refractivity (Wildman–Crippen MR) is 148 cm³/mol. The standard InChI is InChI=1S/C27H18Cl2F5N9O2/c1-13-5-14(28)6-18(25(45)37-11-21-20(31)7-15(30)10-36-21)17(13)9-23(44)22-8-16(12-42-40-26(38-41-42)27(32,33)34)39-43(22)24-19(29)3-2-4-35-24/h2-8,10H,9,11-12H2,1H3,(H,37,45). The molecule has 232 valence electrons. The molecule has 0 radical (unpaired) electrons. The number of aryl methyl sites for hydroxylation is 1. The number of halogens is 7. The van der Waals surface area contributed by atoms with Crippen molar-refractivity contribution in [3.05, 3.63) is 110 Å². The Morgan fingerprint density at radius 1 is 1.04 bits per heavy atom.